The van der Waals surface area contributed by atoms with E-state index in [1.807, 2.05) is 23.1 Å². The number of rotatable bonds is 4. The number of aliphatic imine (C=N–C) groups is 1. The van der Waals surface area contributed by atoms with Crippen molar-refractivity contribution in [2.75, 3.05) is 39.8 Å². The molecule has 1 saturated heterocycles. The monoisotopic (exact) mass is 530 g/mol. The number of carbonyl (C=O) groups is 1. The van der Waals surface area contributed by atoms with Gasteiger partial charge in [-0.1, -0.05) is 37.6 Å². The minimum absolute atomic E-state index is 0. The van der Waals surface area contributed by atoms with Gasteiger partial charge < -0.3 is 19.5 Å². The molecule has 1 aliphatic rings. The summed E-state index contributed by atoms with van der Waals surface area (Å²) in [5.74, 6) is 1.18. The van der Waals surface area contributed by atoms with E-state index >= 15 is 0 Å². The van der Waals surface area contributed by atoms with Crippen molar-refractivity contribution in [1.29, 1.82) is 0 Å². The fourth-order valence-electron chi connectivity index (χ4n) is 3.32. The van der Waals surface area contributed by atoms with E-state index in [4.69, 9.17) is 16.0 Å². The highest BCUT2D eigenvalue weighted by Gasteiger charge is 2.27. The summed E-state index contributed by atoms with van der Waals surface area (Å²) in [7, 11) is 1.79. The van der Waals surface area contributed by atoms with Crippen molar-refractivity contribution >= 4 is 47.4 Å². The fraction of sp³-hybridized carbons (Fsp3) is 0.429. The Labute approximate surface area is 194 Å². The van der Waals surface area contributed by atoms with Gasteiger partial charge in [-0.2, -0.15) is 0 Å². The Kier molecular flexibility index (Phi) is 8.39. The largest absolute Gasteiger partial charge is 0.459 e. The van der Waals surface area contributed by atoms with Crippen molar-refractivity contribution in [3.8, 4) is 0 Å². The van der Waals surface area contributed by atoms with Crippen LogP contribution in [0.3, 0.4) is 0 Å². The molecule has 0 aliphatic carbocycles. The smallest absolute Gasteiger partial charge is 0.289 e. The van der Waals surface area contributed by atoms with E-state index in [0.29, 0.717) is 18.8 Å². The van der Waals surface area contributed by atoms with Gasteiger partial charge in [-0.3, -0.25) is 9.79 Å². The fourth-order valence-corrected chi connectivity index (χ4v) is 3.51. The van der Waals surface area contributed by atoms with Crippen LogP contribution in [0.1, 0.15) is 30.0 Å². The first kappa shape index (κ1) is 23.5. The summed E-state index contributed by atoms with van der Waals surface area (Å²) in [6.45, 7) is 7.81. The number of carbonyl (C=O) groups excluding carboxylic acids is 1. The molecule has 8 heteroatoms. The van der Waals surface area contributed by atoms with Gasteiger partial charge in [0.15, 0.2) is 11.7 Å². The summed E-state index contributed by atoms with van der Waals surface area (Å²) < 4.78 is 5.22. The Balaban J connectivity index is 0.00000300. The zero-order valence-corrected chi connectivity index (χ0v) is 20.1. The van der Waals surface area contributed by atoms with E-state index in [-0.39, 0.29) is 35.3 Å². The van der Waals surface area contributed by atoms with E-state index in [0.717, 1.165) is 30.6 Å². The molecule has 1 N–H and O–H groups in total. The Morgan fingerprint density at radius 2 is 1.86 bits per heavy atom. The SMILES string of the molecule is CN=C(NCC(C)(C)c1cccc(Cl)c1)N1CCN(C(=O)c2ccco2)CC1.I. The van der Waals surface area contributed by atoms with E-state index in [9.17, 15) is 4.79 Å². The lowest BCUT2D eigenvalue weighted by Crippen LogP contribution is -2.54. The third-order valence-corrected chi connectivity index (χ3v) is 5.34. The van der Waals surface area contributed by atoms with Crippen molar-refractivity contribution in [2.24, 2.45) is 4.99 Å². The van der Waals surface area contributed by atoms with E-state index in [1.54, 1.807) is 19.2 Å². The first-order chi connectivity index (χ1) is 13.4. The van der Waals surface area contributed by atoms with Crippen LogP contribution in [0.5, 0.6) is 0 Å². The number of halogens is 2. The molecule has 6 nitrogen and oxygen atoms in total. The lowest BCUT2D eigenvalue weighted by molar-refractivity contribution is 0.0657. The molecule has 1 aromatic carbocycles. The quantitative estimate of drug-likeness (QED) is 0.371. The zero-order valence-electron chi connectivity index (χ0n) is 17.0. The average Bonchev–Trinajstić information content (AvgIpc) is 3.23. The number of piperazine rings is 1. The van der Waals surface area contributed by atoms with Crippen LogP contribution >= 0.6 is 35.6 Å². The second-order valence-corrected chi connectivity index (χ2v) is 7.99. The van der Waals surface area contributed by atoms with Gasteiger partial charge in [0.05, 0.1) is 6.26 Å². The third kappa shape index (κ3) is 5.88. The van der Waals surface area contributed by atoms with Gasteiger partial charge in [-0.15, -0.1) is 24.0 Å². The molecule has 1 aliphatic heterocycles. The molecular formula is C21H28ClIN4O2. The maximum atomic E-state index is 12.4. The highest BCUT2D eigenvalue weighted by Crippen LogP contribution is 2.25. The molecule has 2 heterocycles. The van der Waals surface area contributed by atoms with E-state index in [2.05, 4.69) is 35.1 Å². The molecule has 1 aromatic heterocycles. The number of nitrogens with zero attached hydrogens (tertiary/aromatic N) is 3. The van der Waals surface area contributed by atoms with Crippen molar-refractivity contribution in [3.63, 3.8) is 0 Å². The second-order valence-electron chi connectivity index (χ2n) is 7.55. The predicted octanol–water partition coefficient (Wildman–Crippen LogP) is 3.86. The van der Waals surface area contributed by atoms with Crippen molar-refractivity contribution in [1.82, 2.24) is 15.1 Å². The second kappa shape index (κ2) is 10.3. The van der Waals surface area contributed by atoms with Crippen LogP contribution < -0.4 is 5.32 Å². The molecule has 3 rings (SSSR count). The highest BCUT2D eigenvalue weighted by molar-refractivity contribution is 14.0. The molecule has 29 heavy (non-hydrogen) atoms. The van der Waals surface area contributed by atoms with E-state index in [1.165, 1.54) is 11.8 Å². The van der Waals surface area contributed by atoms with Gasteiger partial charge >= 0.3 is 0 Å². The Morgan fingerprint density at radius 1 is 1.17 bits per heavy atom. The average molecular weight is 531 g/mol. The molecule has 0 bridgehead atoms. The highest BCUT2D eigenvalue weighted by atomic mass is 127. The number of hydrogen-bond donors (Lipinski definition) is 1. The van der Waals surface area contributed by atoms with Crippen LogP contribution in [0, 0.1) is 0 Å². The lowest BCUT2D eigenvalue weighted by Gasteiger charge is -2.37. The number of guanidine groups is 1. The van der Waals surface area contributed by atoms with Crippen LogP contribution in [0.4, 0.5) is 0 Å². The summed E-state index contributed by atoms with van der Waals surface area (Å²) in [5, 5.41) is 4.22. The normalized spacial score (nSPS) is 15.1. The summed E-state index contributed by atoms with van der Waals surface area (Å²) in [6, 6.07) is 11.4. The number of hydrogen-bond acceptors (Lipinski definition) is 3. The van der Waals surface area contributed by atoms with E-state index < -0.39 is 0 Å². The van der Waals surface area contributed by atoms with Crippen LogP contribution in [-0.4, -0.2) is 61.4 Å². The third-order valence-electron chi connectivity index (χ3n) is 5.10. The standard InChI is InChI=1S/C21H27ClN4O2.HI/c1-21(2,16-6-4-7-17(22)14-16)15-24-20(23-3)26-11-9-25(10-12-26)19(27)18-8-5-13-28-18;/h4-8,13-14H,9-12,15H2,1-3H3,(H,23,24);1H. The number of furan rings is 1. The minimum Gasteiger partial charge on any atom is -0.459 e. The van der Waals surface area contributed by atoms with Gasteiger partial charge in [-0.25, -0.2) is 0 Å². The summed E-state index contributed by atoms with van der Waals surface area (Å²) >= 11 is 6.15. The molecule has 1 amide bonds. The van der Waals surface area contributed by atoms with Crippen molar-refractivity contribution < 1.29 is 9.21 Å². The maximum absolute atomic E-state index is 12.4. The minimum atomic E-state index is -0.0993. The first-order valence-electron chi connectivity index (χ1n) is 9.45. The predicted molar refractivity (Wildman–Crippen MR) is 127 cm³/mol. The molecular weight excluding hydrogens is 503 g/mol. The Bertz CT molecular complexity index is 831. The molecule has 1 fully saturated rings. The van der Waals surface area contributed by atoms with Gasteiger partial charge in [0, 0.05) is 50.2 Å². The molecule has 158 valence electrons. The van der Waals surface area contributed by atoms with Crippen LogP contribution in [-0.2, 0) is 5.41 Å². The number of nitrogens with one attached hydrogen (secondary N) is 1. The summed E-state index contributed by atoms with van der Waals surface area (Å²) in [6.07, 6.45) is 1.52. The molecule has 0 unspecified atom stereocenters. The topological polar surface area (TPSA) is 61.1 Å². The summed E-state index contributed by atoms with van der Waals surface area (Å²) in [5.41, 5.74) is 1.08. The van der Waals surface area contributed by atoms with Crippen molar-refractivity contribution in [3.05, 3.63) is 59.0 Å². The number of amides is 1. The van der Waals surface area contributed by atoms with Crippen molar-refractivity contribution in [2.45, 2.75) is 19.3 Å². The van der Waals surface area contributed by atoms with Gasteiger partial charge in [0.25, 0.3) is 5.91 Å². The van der Waals surface area contributed by atoms with Gasteiger partial charge in [0.2, 0.25) is 0 Å². The zero-order chi connectivity index (χ0) is 20.1. The first-order valence-corrected chi connectivity index (χ1v) is 9.83. The lowest BCUT2D eigenvalue weighted by atomic mass is 9.84. The Morgan fingerprint density at radius 3 is 2.45 bits per heavy atom. The molecule has 0 radical (unpaired) electrons. The van der Waals surface area contributed by atoms with Crippen LogP contribution in [0.25, 0.3) is 0 Å². The molecule has 0 spiro atoms. The maximum Gasteiger partial charge on any atom is 0.289 e. The van der Waals surface area contributed by atoms with Gasteiger partial charge in [-0.05, 0) is 29.8 Å². The van der Waals surface area contributed by atoms with Gasteiger partial charge in [0.1, 0.15) is 0 Å². The Hall–Kier alpha value is -1.74. The molecule has 0 saturated carbocycles. The van der Waals surface area contributed by atoms with Crippen LogP contribution in [0.2, 0.25) is 5.02 Å². The summed E-state index contributed by atoms with van der Waals surface area (Å²) in [4.78, 5) is 20.8. The number of benzene rings is 1. The van der Waals surface area contributed by atoms with Crippen LogP contribution in [0.15, 0.2) is 52.1 Å². The molecule has 2 aromatic rings. The molecule has 0 atom stereocenters.